The predicted octanol–water partition coefficient (Wildman–Crippen LogP) is 5.93. The molecule has 0 radical (unpaired) electrons. The summed E-state index contributed by atoms with van der Waals surface area (Å²) in [7, 11) is -3.70. The standard InChI is InChI=1S/C25H24F2N8O2S2/c1-11-12(2)29-20(10-28-11)32-19-9-17(22-24(33-19)35-25(34-22)23(26)27)31-16-7-6-15(8-18(16)39(5,36)37)21-13(3)38-14(4)30-21/h6-10,23H,1-5H3,(H3,29,31,32,33,34,35). The molecular weight excluding hydrogens is 546 g/mol. The zero-order chi connectivity index (χ0) is 28.1. The Morgan fingerprint density at radius 2 is 1.69 bits per heavy atom. The van der Waals surface area contributed by atoms with Crippen molar-refractivity contribution in [3.8, 4) is 11.3 Å². The zero-order valence-electron chi connectivity index (χ0n) is 21.6. The normalized spacial score (nSPS) is 11.9. The van der Waals surface area contributed by atoms with Gasteiger partial charge in [-0.1, -0.05) is 6.07 Å². The number of thiazole rings is 1. The molecule has 39 heavy (non-hydrogen) atoms. The maximum atomic E-state index is 13.5. The Bertz CT molecular complexity index is 1830. The molecule has 10 nitrogen and oxygen atoms in total. The molecule has 5 aromatic rings. The van der Waals surface area contributed by atoms with Gasteiger partial charge in [0.05, 0.1) is 44.6 Å². The van der Waals surface area contributed by atoms with E-state index < -0.39 is 22.1 Å². The molecule has 5 rings (SSSR count). The van der Waals surface area contributed by atoms with Crippen LogP contribution >= 0.6 is 11.3 Å². The van der Waals surface area contributed by atoms with E-state index in [2.05, 4.69) is 40.5 Å². The van der Waals surface area contributed by atoms with Gasteiger partial charge in [-0.25, -0.2) is 37.1 Å². The largest absolute Gasteiger partial charge is 0.353 e. The minimum atomic E-state index is -3.70. The summed E-state index contributed by atoms with van der Waals surface area (Å²) in [5.74, 6) is 0.0910. The number of alkyl halides is 2. The number of imidazole rings is 1. The number of aromatic nitrogens is 6. The van der Waals surface area contributed by atoms with E-state index in [1.165, 1.54) is 17.5 Å². The van der Waals surface area contributed by atoms with E-state index in [0.717, 1.165) is 21.8 Å². The molecular formula is C25H24F2N8O2S2. The number of pyridine rings is 1. The summed E-state index contributed by atoms with van der Waals surface area (Å²) in [6.45, 7) is 7.45. The van der Waals surface area contributed by atoms with E-state index in [9.17, 15) is 17.2 Å². The third-order valence-corrected chi connectivity index (χ3v) is 7.99. The highest BCUT2D eigenvalue weighted by Crippen LogP contribution is 2.35. The number of H-pyrrole nitrogens is 1. The Morgan fingerprint density at radius 3 is 2.33 bits per heavy atom. The Morgan fingerprint density at radius 1 is 0.923 bits per heavy atom. The summed E-state index contributed by atoms with van der Waals surface area (Å²) in [6.07, 6.45) is -0.224. The molecule has 0 aliphatic rings. The lowest BCUT2D eigenvalue weighted by molar-refractivity contribution is 0.142. The van der Waals surface area contributed by atoms with Crippen LogP contribution in [0.3, 0.4) is 0 Å². The molecule has 0 saturated carbocycles. The lowest BCUT2D eigenvalue weighted by Crippen LogP contribution is -2.05. The van der Waals surface area contributed by atoms with Crippen molar-refractivity contribution in [2.75, 3.05) is 16.9 Å². The van der Waals surface area contributed by atoms with Crippen molar-refractivity contribution in [1.29, 1.82) is 0 Å². The van der Waals surface area contributed by atoms with Crippen LogP contribution in [0.1, 0.15) is 33.5 Å². The van der Waals surface area contributed by atoms with Gasteiger partial charge in [0.15, 0.2) is 21.3 Å². The number of sulfone groups is 1. The average molecular weight is 571 g/mol. The fourth-order valence-corrected chi connectivity index (χ4v) is 5.73. The summed E-state index contributed by atoms with van der Waals surface area (Å²) in [4.78, 5) is 25.1. The second-order valence-electron chi connectivity index (χ2n) is 8.97. The number of hydrogen-bond donors (Lipinski definition) is 3. The molecule has 0 fully saturated rings. The summed E-state index contributed by atoms with van der Waals surface area (Å²) >= 11 is 1.52. The van der Waals surface area contributed by atoms with E-state index in [1.807, 2.05) is 27.7 Å². The van der Waals surface area contributed by atoms with Crippen LogP contribution in [0.4, 0.5) is 31.8 Å². The summed E-state index contributed by atoms with van der Waals surface area (Å²) in [5, 5.41) is 6.98. The molecule has 4 heterocycles. The van der Waals surface area contributed by atoms with Gasteiger partial charge in [0.2, 0.25) is 0 Å². The Balaban J connectivity index is 1.62. The van der Waals surface area contributed by atoms with Gasteiger partial charge in [-0.2, -0.15) is 0 Å². The number of anilines is 4. The van der Waals surface area contributed by atoms with Gasteiger partial charge in [-0.15, -0.1) is 11.3 Å². The van der Waals surface area contributed by atoms with Crippen molar-refractivity contribution < 1.29 is 17.2 Å². The van der Waals surface area contributed by atoms with Gasteiger partial charge in [0.25, 0.3) is 6.43 Å². The van der Waals surface area contributed by atoms with Crippen LogP contribution in [0, 0.1) is 27.7 Å². The predicted molar refractivity (Wildman–Crippen MR) is 147 cm³/mol. The van der Waals surface area contributed by atoms with Gasteiger partial charge in [-0.3, -0.25) is 4.98 Å². The maximum Gasteiger partial charge on any atom is 0.295 e. The first kappa shape index (κ1) is 26.6. The summed E-state index contributed by atoms with van der Waals surface area (Å²) in [5.41, 5.74) is 3.58. The van der Waals surface area contributed by atoms with Crippen LogP contribution in [-0.2, 0) is 9.84 Å². The molecule has 3 N–H and O–H groups in total. The summed E-state index contributed by atoms with van der Waals surface area (Å²) < 4.78 is 52.6. The highest BCUT2D eigenvalue weighted by molar-refractivity contribution is 7.90. The molecule has 0 atom stereocenters. The molecule has 0 saturated heterocycles. The first-order valence-electron chi connectivity index (χ1n) is 11.7. The quantitative estimate of drug-likeness (QED) is 0.217. The van der Waals surface area contributed by atoms with E-state index in [4.69, 9.17) is 0 Å². The Hall–Kier alpha value is -4.04. The molecule has 0 unspecified atom stereocenters. The van der Waals surface area contributed by atoms with Crippen LogP contribution in [-0.4, -0.2) is 44.6 Å². The molecule has 202 valence electrons. The van der Waals surface area contributed by atoms with E-state index >= 15 is 0 Å². The lowest BCUT2D eigenvalue weighted by Gasteiger charge is -2.14. The average Bonchev–Trinajstić information content (AvgIpc) is 3.44. The number of benzene rings is 1. The molecule has 0 bridgehead atoms. The first-order chi connectivity index (χ1) is 18.4. The van der Waals surface area contributed by atoms with Crippen LogP contribution in [0.15, 0.2) is 35.4 Å². The fraction of sp³-hybridized carbons (Fsp3) is 0.240. The van der Waals surface area contributed by atoms with Crippen molar-refractivity contribution in [3.05, 3.63) is 57.6 Å². The molecule has 0 aliphatic carbocycles. The number of halogens is 2. The van der Waals surface area contributed by atoms with Gasteiger partial charge >= 0.3 is 0 Å². The monoisotopic (exact) mass is 570 g/mol. The smallest absolute Gasteiger partial charge is 0.295 e. The fourth-order valence-electron chi connectivity index (χ4n) is 4.03. The Labute approximate surface area is 226 Å². The molecule has 0 spiro atoms. The van der Waals surface area contributed by atoms with E-state index in [1.54, 1.807) is 24.3 Å². The second-order valence-corrected chi connectivity index (χ2v) is 12.4. The molecule has 1 aromatic carbocycles. The lowest BCUT2D eigenvalue weighted by atomic mass is 10.1. The van der Waals surface area contributed by atoms with Gasteiger partial charge in [0.1, 0.15) is 17.2 Å². The van der Waals surface area contributed by atoms with Crippen molar-refractivity contribution in [2.24, 2.45) is 0 Å². The van der Waals surface area contributed by atoms with E-state index in [0.29, 0.717) is 22.8 Å². The molecule has 0 amide bonds. The number of aryl methyl sites for hydroxylation is 4. The number of hydrogen-bond acceptors (Lipinski definition) is 10. The van der Waals surface area contributed by atoms with Gasteiger partial charge in [-0.05, 0) is 39.8 Å². The van der Waals surface area contributed by atoms with Crippen molar-refractivity contribution in [3.63, 3.8) is 0 Å². The van der Waals surface area contributed by atoms with Crippen molar-refractivity contribution in [2.45, 2.75) is 39.0 Å². The highest BCUT2D eigenvalue weighted by Gasteiger charge is 2.21. The number of nitrogens with zero attached hydrogens (tertiary/aromatic N) is 5. The number of nitrogens with one attached hydrogen (secondary N) is 3. The van der Waals surface area contributed by atoms with Crippen LogP contribution < -0.4 is 10.6 Å². The van der Waals surface area contributed by atoms with Crippen LogP contribution in [0.5, 0.6) is 0 Å². The van der Waals surface area contributed by atoms with Crippen LogP contribution in [0.25, 0.3) is 22.4 Å². The van der Waals surface area contributed by atoms with Gasteiger partial charge in [0, 0.05) is 22.8 Å². The molecule has 14 heteroatoms. The molecule has 0 aliphatic heterocycles. The SMILES string of the molecule is Cc1nc(-c2ccc(Nc3cc(Nc4cnc(C)c(C)n4)nc4nc(C(F)F)[nH]c34)c(S(C)(=O)=O)c2)c(C)s1. The third kappa shape index (κ3) is 5.43. The van der Waals surface area contributed by atoms with E-state index in [-0.39, 0.29) is 33.3 Å². The number of fused-ring (bicyclic) bond motifs is 1. The second kappa shape index (κ2) is 9.93. The minimum absolute atomic E-state index is 0.0145. The van der Waals surface area contributed by atoms with Gasteiger partial charge < -0.3 is 15.6 Å². The van der Waals surface area contributed by atoms with Crippen molar-refractivity contribution >= 4 is 55.3 Å². The minimum Gasteiger partial charge on any atom is -0.353 e. The first-order valence-corrected chi connectivity index (χ1v) is 14.4. The number of rotatable bonds is 7. The van der Waals surface area contributed by atoms with Crippen LogP contribution in [0.2, 0.25) is 0 Å². The van der Waals surface area contributed by atoms with Crippen molar-refractivity contribution in [1.82, 2.24) is 29.9 Å². The number of aromatic amines is 1. The Kier molecular flexibility index (Phi) is 6.76. The third-order valence-electron chi connectivity index (χ3n) is 5.96. The topological polar surface area (TPSA) is 138 Å². The summed E-state index contributed by atoms with van der Waals surface area (Å²) in [6, 6.07) is 6.50. The molecule has 4 aromatic heterocycles. The zero-order valence-corrected chi connectivity index (χ0v) is 23.2. The highest BCUT2D eigenvalue weighted by atomic mass is 32.2. The maximum absolute atomic E-state index is 13.5.